The van der Waals surface area contributed by atoms with Gasteiger partial charge in [0.15, 0.2) is 0 Å². The van der Waals surface area contributed by atoms with Crippen LogP contribution < -0.4 is 4.74 Å². The summed E-state index contributed by atoms with van der Waals surface area (Å²) in [5.74, 6) is 2.73. The number of carbonyl (C=O) groups is 1. The summed E-state index contributed by atoms with van der Waals surface area (Å²) in [6.07, 6.45) is 2.84. The summed E-state index contributed by atoms with van der Waals surface area (Å²) in [5, 5.41) is 0. The van der Waals surface area contributed by atoms with Gasteiger partial charge in [-0.1, -0.05) is 6.07 Å². The van der Waals surface area contributed by atoms with Crippen LogP contribution in [0.25, 0.3) is 0 Å². The van der Waals surface area contributed by atoms with Crippen LogP contribution in [0.2, 0.25) is 0 Å². The van der Waals surface area contributed by atoms with Crippen LogP contribution in [0.3, 0.4) is 0 Å². The predicted molar refractivity (Wildman–Crippen MR) is 85.2 cm³/mol. The van der Waals surface area contributed by atoms with E-state index in [1.807, 2.05) is 17.8 Å². The number of hydrogen-bond donors (Lipinski definition) is 0. The molecule has 1 saturated carbocycles. The molecule has 0 amide bonds. The van der Waals surface area contributed by atoms with E-state index in [9.17, 15) is 4.79 Å². The van der Waals surface area contributed by atoms with Crippen LogP contribution in [0.4, 0.5) is 0 Å². The van der Waals surface area contributed by atoms with Gasteiger partial charge in [-0.3, -0.25) is 4.79 Å². The largest absolute Gasteiger partial charge is 0.496 e. The lowest BCUT2D eigenvalue weighted by Crippen LogP contribution is -2.13. The van der Waals surface area contributed by atoms with Crippen LogP contribution in [0, 0.1) is 5.41 Å². The third-order valence-electron chi connectivity index (χ3n) is 3.60. The molecule has 0 N–H and O–H groups in total. The minimum Gasteiger partial charge on any atom is -0.496 e. The van der Waals surface area contributed by atoms with E-state index in [4.69, 9.17) is 9.47 Å². The molecule has 0 heterocycles. The smallest absolute Gasteiger partial charge is 0.306 e. The zero-order chi connectivity index (χ0) is 14.6. The molecule has 0 aromatic heterocycles. The van der Waals surface area contributed by atoms with Crippen LogP contribution in [0.1, 0.15) is 24.8 Å². The van der Waals surface area contributed by atoms with Crippen molar-refractivity contribution in [3.8, 4) is 5.75 Å². The fourth-order valence-corrected chi connectivity index (χ4v) is 4.04. The van der Waals surface area contributed by atoms with E-state index in [2.05, 4.69) is 28.1 Å². The van der Waals surface area contributed by atoms with Gasteiger partial charge in [0.05, 0.1) is 25.1 Å². The molecule has 0 radical (unpaired) electrons. The predicted octanol–water partition coefficient (Wildman–Crippen LogP) is 4.03. The Morgan fingerprint density at radius 2 is 2.15 bits per heavy atom. The van der Waals surface area contributed by atoms with Crippen molar-refractivity contribution in [2.45, 2.75) is 25.0 Å². The maximum atomic E-state index is 11.4. The number of benzene rings is 1. The molecule has 1 fully saturated rings. The van der Waals surface area contributed by atoms with Gasteiger partial charge in [0.2, 0.25) is 0 Å². The average Bonchev–Trinajstić information content (AvgIpc) is 3.18. The Morgan fingerprint density at radius 3 is 2.70 bits per heavy atom. The van der Waals surface area contributed by atoms with Crippen molar-refractivity contribution in [2.24, 2.45) is 5.41 Å². The molecule has 1 aromatic rings. The molecule has 2 rings (SSSR count). The SMILES string of the molecule is COC(=O)CC1(CSCc2ccc(OC)c(Br)c2)CC1. The van der Waals surface area contributed by atoms with Crippen LogP contribution in [-0.2, 0) is 15.3 Å². The van der Waals surface area contributed by atoms with Gasteiger partial charge in [-0.2, -0.15) is 11.8 Å². The normalized spacial score (nSPS) is 15.8. The van der Waals surface area contributed by atoms with E-state index in [1.165, 1.54) is 12.7 Å². The first-order valence-corrected chi connectivity index (χ1v) is 8.50. The fourth-order valence-electron chi connectivity index (χ4n) is 2.11. The number of thioether (sulfide) groups is 1. The van der Waals surface area contributed by atoms with E-state index in [0.29, 0.717) is 6.42 Å². The number of methoxy groups -OCH3 is 2. The molecule has 1 aliphatic carbocycles. The number of carbonyl (C=O) groups excluding carboxylic acids is 1. The summed E-state index contributed by atoms with van der Waals surface area (Å²) in [6, 6.07) is 6.14. The third-order valence-corrected chi connectivity index (χ3v) is 5.57. The molecule has 1 aliphatic rings. The van der Waals surface area contributed by atoms with Crippen molar-refractivity contribution in [3.05, 3.63) is 28.2 Å². The van der Waals surface area contributed by atoms with Gasteiger partial charge < -0.3 is 9.47 Å². The Hall–Kier alpha value is -0.680. The summed E-state index contributed by atoms with van der Waals surface area (Å²) in [7, 11) is 3.12. The number of ether oxygens (including phenoxy) is 2. The van der Waals surface area contributed by atoms with Gasteiger partial charge in [0.1, 0.15) is 5.75 Å². The van der Waals surface area contributed by atoms with E-state index < -0.39 is 0 Å². The van der Waals surface area contributed by atoms with Gasteiger partial charge in [-0.15, -0.1) is 0 Å². The highest BCUT2D eigenvalue weighted by Crippen LogP contribution is 2.51. The first-order valence-electron chi connectivity index (χ1n) is 6.55. The van der Waals surface area contributed by atoms with Crippen LogP contribution in [0.15, 0.2) is 22.7 Å². The van der Waals surface area contributed by atoms with Crippen LogP contribution in [-0.4, -0.2) is 25.9 Å². The molecule has 110 valence electrons. The van der Waals surface area contributed by atoms with Gasteiger partial charge >= 0.3 is 5.97 Å². The number of rotatable bonds is 7. The number of hydrogen-bond acceptors (Lipinski definition) is 4. The molecule has 0 atom stereocenters. The maximum absolute atomic E-state index is 11.4. The topological polar surface area (TPSA) is 35.5 Å². The second kappa shape index (κ2) is 6.85. The number of esters is 1. The van der Waals surface area contributed by atoms with Crippen molar-refractivity contribution in [2.75, 3.05) is 20.0 Å². The van der Waals surface area contributed by atoms with Crippen molar-refractivity contribution in [1.82, 2.24) is 0 Å². The summed E-state index contributed by atoms with van der Waals surface area (Å²) >= 11 is 5.38. The highest BCUT2D eigenvalue weighted by Gasteiger charge is 2.44. The van der Waals surface area contributed by atoms with Crippen LogP contribution in [0.5, 0.6) is 5.75 Å². The zero-order valence-corrected chi connectivity index (χ0v) is 14.2. The molecule has 0 bridgehead atoms. The van der Waals surface area contributed by atoms with Gasteiger partial charge in [-0.05, 0) is 57.6 Å². The minimum absolute atomic E-state index is 0.0877. The molecule has 0 aliphatic heterocycles. The summed E-state index contributed by atoms with van der Waals surface area (Å²) in [6.45, 7) is 0. The lowest BCUT2D eigenvalue weighted by molar-refractivity contribution is -0.141. The third kappa shape index (κ3) is 4.16. The minimum atomic E-state index is -0.0877. The van der Waals surface area contributed by atoms with Gasteiger partial charge in [0.25, 0.3) is 0 Å². The number of halogens is 1. The van der Waals surface area contributed by atoms with Crippen molar-refractivity contribution >= 4 is 33.7 Å². The molecule has 0 spiro atoms. The monoisotopic (exact) mass is 358 g/mol. The fraction of sp³-hybridized carbons (Fsp3) is 0.533. The van der Waals surface area contributed by atoms with E-state index >= 15 is 0 Å². The first kappa shape index (κ1) is 15.7. The quantitative estimate of drug-likeness (QED) is 0.689. The molecule has 5 heteroatoms. The Labute approximate surface area is 132 Å². The van der Waals surface area contributed by atoms with E-state index in [1.54, 1.807) is 7.11 Å². The lowest BCUT2D eigenvalue weighted by atomic mass is 10.1. The second-order valence-electron chi connectivity index (χ2n) is 5.21. The Bertz CT molecular complexity index is 486. The first-order chi connectivity index (χ1) is 9.58. The molecule has 0 unspecified atom stereocenters. The van der Waals surface area contributed by atoms with E-state index in [-0.39, 0.29) is 11.4 Å². The molecule has 3 nitrogen and oxygen atoms in total. The molecule has 1 aromatic carbocycles. The standard InChI is InChI=1S/C15H19BrO3S/c1-18-13-4-3-11(7-12(13)16)9-20-10-15(5-6-15)8-14(17)19-2/h3-4,7H,5-6,8-10H2,1-2H3. The summed E-state index contributed by atoms with van der Waals surface area (Å²) in [4.78, 5) is 11.4. The second-order valence-corrected chi connectivity index (χ2v) is 7.05. The molecular formula is C15H19BrO3S. The van der Waals surface area contributed by atoms with Crippen molar-refractivity contribution < 1.29 is 14.3 Å². The van der Waals surface area contributed by atoms with Crippen molar-refractivity contribution in [3.63, 3.8) is 0 Å². The average molecular weight is 359 g/mol. The highest BCUT2D eigenvalue weighted by atomic mass is 79.9. The molecule has 0 saturated heterocycles. The molecule has 20 heavy (non-hydrogen) atoms. The molecular weight excluding hydrogens is 340 g/mol. The Morgan fingerprint density at radius 1 is 1.40 bits per heavy atom. The lowest BCUT2D eigenvalue weighted by Gasteiger charge is -2.13. The van der Waals surface area contributed by atoms with Crippen LogP contribution >= 0.6 is 27.7 Å². The zero-order valence-electron chi connectivity index (χ0n) is 11.8. The maximum Gasteiger partial charge on any atom is 0.306 e. The highest BCUT2D eigenvalue weighted by molar-refractivity contribution is 9.10. The van der Waals surface area contributed by atoms with Gasteiger partial charge in [0, 0.05) is 5.75 Å². The summed E-state index contributed by atoms with van der Waals surface area (Å²) < 4.78 is 11.0. The summed E-state index contributed by atoms with van der Waals surface area (Å²) in [5.41, 5.74) is 1.46. The Balaban J connectivity index is 1.81. The van der Waals surface area contributed by atoms with Crippen molar-refractivity contribution in [1.29, 1.82) is 0 Å². The van der Waals surface area contributed by atoms with Gasteiger partial charge in [-0.25, -0.2) is 0 Å². The van der Waals surface area contributed by atoms with E-state index in [0.717, 1.165) is 34.6 Å². The Kier molecular flexibility index (Phi) is 5.38.